The first kappa shape index (κ1) is 50.6. The number of Topliss-reactive ketones (excluding diaryl/α,β-unsaturated/α-hetero) is 1. The van der Waals surface area contributed by atoms with Gasteiger partial charge >= 0.3 is 35.3 Å². The summed E-state index contributed by atoms with van der Waals surface area (Å²) in [7, 11) is 1.77. The fourth-order valence-electron chi connectivity index (χ4n) is 10.4. The van der Waals surface area contributed by atoms with Crippen molar-refractivity contribution in [2.24, 2.45) is 35.5 Å². The predicted octanol–water partition coefficient (Wildman–Crippen LogP) is 10.6. The van der Waals surface area contributed by atoms with Gasteiger partial charge in [-0.2, -0.15) is 11.4 Å². The van der Waals surface area contributed by atoms with Crippen molar-refractivity contribution in [3.05, 3.63) is 102 Å². The molecule has 4 aliphatic rings. The molecular formula is C55H73MgN4O5-. The SMILES string of the molecule is C=Cc1c2[n-]c(c1C)/C=C1\[N-]/C(=C3\c4[n-]c(c(C)c4C(=O)[C@@H]3C3O[O+]3C)/C=c3\[n-]/c(c(C)c3CC)=C\2)[C@@H](CCC(=O)OC/C=C(\C)CCC[C@@H](C)CCC[C@H](C)CCCC(C)C)[C@@H]1C.[Mg+2]. The molecule has 346 valence electrons. The molecule has 0 radical (unpaired) electrons. The van der Waals surface area contributed by atoms with Crippen LogP contribution in [-0.4, -0.2) is 54.8 Å². The van der Waals surface area contributed by atoms with Crippen molar-refractivity contribution in [2.75, 3.05) is 13.7 Å². The maximum absolute atomic E-state index is 14.6. The van der Waals surface area contributed by atoms with Crippen LogP contribution in [0.1, 0.15) is 180 Å². The number of esters is 1. The molecule has 0 amide bonds. The number of fused-ring (bicyclic) bond motifs is 7. The molecule has 0 N–H and O–H groups in total. The molecule has 7 rings (SSSR count). The van der Waals surface area contributed by atoms with Gasteiger partial charge in [-0.05, 0) is 99.5 Å². The summed E-state index contributed by atoms with van der Waals surface area (Å²) in [5, 5.41) is 7.08. The van der Waals surface area contributed by atoms with Gasteiger partial charge in [-0.25, -0.2) is 4.52 Å². The minimum absolute atomic E-state index is 0. The first-order valence-corrected chi connectivity index (χ1v) is 24.3. The summed E-state index contributed by atoms with van der Waals surface area (Å²) in [6.07, 6.45) is 22.5. The Labute approximate surface area is 404 Å². The molecule has 10 heteroatoms. The van der Waals surface area contributed by atoms with Crippen LogP contribution < -0.4 is 25.7 Å². The Hall–Kier alpha value is -3.83. The maximum Gasteiger partial charge on any atom is 2.00 e. The van der Waals surface area contributed by atoms with Gasteiger partial charge in [0.05, 0.1) is 0 Å². The average molecular weight is 895 g/mol. The van der Waals surface area contributed by atoms with E-state index < -0.39 is 12.2 Å². The molecule has 6 heterocycles. The molecule has 2 saturated heterocycles. The van der Waals surface area contributed by atoms with Crippen LogP contribution in [0.25, 0.3) is 35.2 Å². The summed E-state index contributed by atoms with van der Waals surface area (Å²) in [6, 6.07) is 0. The van der Waals surface area contributed by atoms with E-state index in [-0.39, 0.29) is 59.7 Å². The summed E-state index contributed by atoms with van der Waals surface area (Å²) < 4.78 is 8.46. The zero-order chi connectivity index (χ0) is 46.0. The summed E-state index contributed by atoms with van der Waals surface area (Å²) in [6.45, 7) is 26.5. The molecule has 3 aliphatic heterocycles. The van der Waals surface area contributed by atoms with Gasteiger partial charge in [0, 0.05) is 12.0 Å². The average Bonchev–Trinajstić information content (AvgIpc) is 3.46. The molecule has 8 bridgehead atoms. The molecule has 2 fully saturated rings. The number of nitrogens with zero attached hydrogens (tertiary/aromatic N) is 4. The molecule has 9 nitrogen and oxygen atoms in total. The first-order valence-electron chi connectivity index (χ1n) is 24.3. The molecule has 3 aromatic rings. The molecule has 1 aliphatic carbocycles. The predicted molar refractivity (Wildman–Crippen MR) is 264 cm³/mol. The van der Waals surface area contributed by atoms with E-state index in [1.165, 1.54) is 50.5 Å². The maximum atomic E-state index is 14.6. The Morgan fingerprint density at radius 1 is 0.877 bits per heavy atom. The van der Waals surface area contributed by atoms with Crippen LogP contribution in [-0.2, 0) is 25.4 Å². The van der Waals surface area contributed by atoms with E-state index >= 15 is 0 Å². The van der Waals surface area contributed by atoms with Crippen LogP contribution in [0.2, 0.25) is 0 Å². The molecule has 0 spiro atoms. The van der Waals surface area contributed by atoms with Crippen molar-refractivity contribution >= 4 is 64.7 Å². The molecule has 1 unspecified atom stereocenters. The van der Waals surface area contributed by atoms with Gasteiger partial charge < -0.3 is 25.0 Å². The summed E-state index contributed by atoms with van der Waals surface area (Å²) in [4.78, 5) is 49.3. The van der Waals surface area contributed by atoms with Crippen molar-refractivity contribution < 1.29 is 23.7 Å². The standard InChI is InChI=1S/C55H74N4O5.Mg/c1-13-39-35(8)42-28-44-37(10)41(24-25-48(60)62-27-26-34(7)23-17-22-33(6)21-16-20-32(5)19-15-18-31(3)4)52(58-44)50-51(55-63-64(55)12)54(61)49-38(11)45(59-53(49)50)30-47-40(14-2)36(9)43(57-47)29-46(39)56-42;/h13,26,28-33,37,41,51,55H,1,14-25,27H2,2-12H3,(H-,58,59,61);/q-2;+2/p-1/b34-26+,43-29-,44-28-,47-30-;/t32-,33+,37+,41+,51-,55?;/m1./s1. The molecule has 3 aromatic heterocycles. The quantitative estimate of drug-likeness (QED) is 0.0277. The normalized spacial score (nSPS) is 24.1. The molecular weight excluding hydrogens is 821 g/mol. The number of carbonyl (C=O) groups is 2. The molecule has 6 atom stereocenters. The van der Waals surface area contributed by atoms with Crippen LogP contribution in [0.15, 0.2) is 29.6 Å². The van der Waals surface area contributed by atoms with Crippen LogP contribution in [0, 0.1) is 56.3 Å². The van der Waals surface area contributed by atoms with E-state index in [2.05, 4.69) is 91.6 Å². The Morgan fingerprint density at radius 2 is 1.52 bits per heavy atom. The fourth-order valence-corrected chi connectivity index (χ4v) is 10.4. The van der Waals surface area contributed by atoms with Gasteiger partial charge in [-0.3, -0.25) is 9.59 Å². The molecule has 0 aromatic carbocycles. The van der Waals surface area contributed by atoms with E-state index in [0.717, 1.165) is 110 Å². The van der Waals surface area contributed by atoms with Gasteiger partial charge in [0.15, 0.2) is 18.8 Å². The van der Waals surface area contributed by atoms with Gasteiger partial charge in [-0.15, -0.1) is 33.5 Å². The van der Waals surface area contributed by atoms with Crippen molar-refractivity contribution in [1.82, 2.24) is 15.0 Å². The summed E-state index contributed by atoms with van der Waals surface area (Å²) in [5.74, 6) is 1.23. The third kappa shape index (κ3) is 11.1. The second kappa shape index (κ2) is 21.9. The Balaban J connectivity index is 0.00000700. The molecule has 0 saturated carbocycles. The molecule has 65 heavy (non-hydrogen) atoms. The van der Waals surface area contributed by atoms with Crippen molar-refractivity contribution in [3.63, 3.8) is 0 Å². The minimum Gasteiger partial charge on any atom is -0.664 e. The Morgan fingerprint density at radius 3 is 2.17 bits per heavy atom. The van der Waals surface area contributed by atoms with Crippen LogP contribution in [0.3, 0.4) is 0 Å². The van der Waals surface area contributed by atoms with Gasteiger partial charge in [0.1, 0.15) is 6.61 Å². The second-order valence-electron chi connectivity index (χ2n) is 19.9. The minimum atomic E-state index is -0.618. The van der Waals surface area contributed by atoms with Crippen LogP contribution in [0.5, 0.6) is 0 Å². The zero-order valence-corrected chi connectivity index (χ0v) is 42.8. The number of allylic oxidation sites excluding steroid dienone is 3. The number of ketones is 1. The fraction of sp³-hybridized carbons (Fsp3) is 0.564. The van der Waals surface area contributed by atoms with E-state index in [1.54, 1.807) is 7.11 Å². The van der Waals surface area contributed by atoms with E-state index in [9.17, 15) is 9.59 Å². The van der Waals surface area contributed by atoms with Crippen molar-refractivity contribution in [1.29, 1.82) is 0 Å². The second-order valence-corrected chi connectivity index (χ2v) is 19.9. The number of hydrogen-bond acceptors (Lipinski definition) is 4. The van der Waals surface area contributed by atoms with Gasteiger partial charge in [0.25, 0.3) is 0 Å². The van der Waals surface area contributed by atoms with E-state index in [4.69, 9.17) is 29.9 Å². The smallest absolute Gasteiger partial charge is 0.664 e. The summed E-state index contributed by atoms with van der Waals surface area (Å²) in [5.41, 5.74) is 12.3. The first-order chi connectivity index (χ1) is 30.6. The largest absolute Gasteiger partial charge is 2.00 e. The topological polar surface area (TPSA) is 115 Å². The third-order valence-corrected chi connectivity index (χ3v) is 14.6. The van der Waals surface area contributed by atoms with E-state index in [1.807, 2.05) is 19.1 Å². The van der Waals surface area contributed by atoms with Crippen LogP contribution in [0.4, 0.5) is 0 Å². The third-order valence-electron chi connectivity index (χ3n) is 14.6. The summed E-state index contributed by atoms with van der Waals surface area (Å²) >= 11 is 0. The number of ether oxygens (including phenoxy) is 1. The zero-order valence-electron chi connectivity index (χ0n) is 41.4. The van der Waals surface area contributed by atoms with Crippen molar-refractivity contribution in [2.45, 2.75) is 153 Å². The number of carbonyl (C=O) groups excluding carboxylic acids is 2. The number of aromatic nitrogens is 3. The monoisotopic (exact) mass is 894 g/mol. The number of rotatable bonds is 20. The van der Waals surface area contributed by atoms with Gasteiger partial charge in [-0.1, -0.05) is 151 Å². The Kier molecular flexibility index (Phi) is 17.0. The Bertz CT molecular complexity index is 2460. The number of hydrogen-bond donors (Lipinski definition) is 0. The van der Waals surface area contributed by atoms with Gasteiger partial charge in [0.2, 0.25) is 0 Å². The van der Waals surface area contributed by atoms with Crippen molar-refractivity contribution in [3.8, 4) is 0 Å². The van der Waals surface area contributed by atoms with E-state index in [0.29, 0.717) is 17.7 Å². The van der Waals surface area contributed by atoms with Crippen LogP contribution >= 0.6 is 0 Å².